The summed E-state index contributed by atoms with van der Waals surface area (Å²) in [6.45, 7) is 3.69. The van der Waals surface area contributed by atoms with Crippen LogP contribution in [0.3, 0.4) is 0 Å². The third-order valence-electron chi connectivity index (χ3n) is 2.65. The molecule has 16 heavy (non-hydrogen) atoms. The average molecular weight is 218 g/mol. The third-order valence-corrected chi connectivity index (χ3v) is 2.65. The minimum absolute atomic E-state index is 0.401. The van der Waals surface area contributed by atoms with Crippen molar-refractivity contribution in [3.8, 4) is 0 Å². The van der Waals surface area contributed by atoms with Crippen molar-refractivity contribution in [2.45, 2.75) is 19.4 Å². The van der Waals surface area contributed by atoms with Gasteiger partial charge in [0.1, 0.15) is 0 Å². The summed E-state index contributed by atoms with van der Waals surface area (Å²) in [5, 5.41) is 4.93. The van der Waals surface area contributed by atoms with Gasteiger partial charge in [-0.15, -0.1) is 0 Å². The molecule has 1 aliphatic heterocycles. The van der Waals surface area contributed by atoms with E-state index in [1.54, 1.807) is 5.01 Å². The SMILES string of the molecule is C[C@H]1CN=C(N(N)CCc2ccccc2)N1. The minimum Gasteiger partial charge on any atom is -0.351 e. The first-order valence-corrected chi connectivity index (χ1v) is 5.63. The fourth-order valence-electron chi connectivity index (χ4n) is 1.71. The molecule has 4 nitrogen and oxygen atoms in total. The second kappa shape index (κ2) is 4.99. The fraction of sp³-hybridized carbons (Fsp3) is 0.417. The van der Waals surface area contributed by atoms with Crippen molar-refractivity contribution in [3.05, 3.63) is 35.9 Å². The Kier molecular flexibility index (Phi) is 3.41. The first-order chi connectivity index (χ1) is 7.75. The lowest BCUT2D eigenvalue weighted by Gasteiger charge is -2.19. The Bertz CT molecular complexity index is 361. The molecule has 1 heterocycles. The quantitative estimate of drug-likeness (QED) is 0.581. The van der Waals surface area contributed by atoms with Gasteiger partial charge >= 0.3 is 0 Å². The number of aliphatic imine (C=N–C) groups is 1. The Morgan fingerprint density at radius 2 is 2.19 bits per heavy atom. The molecule has 0 unspecified atom stereocenters. The molecule has 2 rings (SSSR count). The lowest BCUT2D eigenvalue weighted by atomic mass is 10.1. The molecular weight excluding hydrogens is 200 g/mol. The Morgan fingerprint density at radius 3 is 2.81 bits per heavy atom. The van der Waals surface area contributed by atoms with Crippen LogP contribution in [0.15, 0.2) is 35.3 Å². The molecule has 1 atom stereocenters. The topological polar surface area (TPSA) is 53.6 Å². The number of nitrogens with zero attached hydrogens (tertiary/aromatic N) is 2. The normalized spacial score (nSPS) is 19.1. The van der Waals surface area contributed by atoms with Crippen LogP contribution in [-0.4, -0.2) is 30.1 Å². The van der Waals surface area contributed by atoms with Crippen molar-refractivity contribution in [3.63, 3.8) is 0 Å². The summed E-state index contributed by atoms with van der Waals surface area (Å²) in [6.07, 6.45) is 0.937. The van der Waals surface area contributed by atoms with Gasteiger partial charge in [0.05, 0.1) is 6.54 Å². The maximum Gasteiger partial charge on any atom is 0.208 e. The summed E-state index contributed by atoms with van der Waals surface area (Å²) in [6, 6.07) is 10.7. The number of guanidine groups is 1. The van der Waals surface area contributed by atoms with Gasteiger partial charge in [-0.1, -0.05) is 30.3 Å². The highest BCUT2D eigenvalue weighted by Gasteiger charge is 2.16. The van der Waals surface area contributed by atoms with Gasteiger partial charge in [-0.05, 0) is 18.9 Å². The highest BCUT2D eigenvalue weighted by atomic mass is 15.5. The highest BCUT2D eigenvalue weighted by molar-refractivity contribution is 5.81. The van der Waals surface area contributed by atoms with Crippen LogP contribution in [0.25, 0.3) is 0 Å². The van der Waals surface area contributed by atoms with Crippen LogP contribution in [0.2, 0.25) is 0 Å². The van der Waals surface area contributed by atoms with E-state index in [1.165, 1.54) is 5.56 Å². The predicted molar refractivity (Wildman–Crippen MR) is 65.9 cm³/mol. The summed E-state index contributed by atoms with van der Waals surface area (Å²) in [4.78, 5) is 4.34. The van der Waals surface area contributed by atoms with Gasteiger partial charge in [-0.3, -0.25) is 5.01 Å². The molecule has 0 spiro atoms. The number of hydrogen-bond acceptors (Lipinski definition) is 4. The van der Waals surface area contributed by atoms with Crippen LogP contribution in [0.1, 0.15) is 12.5 Å². The van der Waals surface area contributed by atoms with Crippen molar-refractivity contribution in [1.82, 2.24) is 10.3 Å². The molecule has 0 radical (unpaired) electrons. The van der Waals surface area contributed by atoms with Gasteiger partial charge in [0, 0.05) is 12.6 Å². The van der Waals surface area contributed by atoms with Gasteiger partial charge in [0.15, 0.2) is 0 Å². The summed E-state index contributed by atoms with van der Waals surface area (Å²) < 4.78 is 0. The van der Waals surface area contributed by atoms with E-state index in [1.807, 2.05) is 18.2 Å². The molecule has 1 aliphatic rings. The van der Waals surface area contributed by atoms with Gasteiger partial charge in [0.25, 0.3) is 0 Å². The van der Waals surface area contributed by atoms with E-state index in [0.717, 1.165) is 25.5 Å². The number of hydrogen-bond donors (Lipinski definition) is 2. The predicted octanol–water partition coefficient (Wildman–Crippen LogP) is 0.752. The number of benzene rings is 1. The molecule has 0 saturated carbocycles. The summed E-state index contributed by atoms with van der Waals surface area (Å²) >= 11 is 0. The molecule has 1 aromatic rings. The van der Waals surface area contributed by atoms with Crippen LogP contribution in [0.4, 0.5) is 0 Å². The third kappa shape index (κ3) is 2.73. The summed E-state index contributed by atoms with van der Waals surface area (Å²) in [5.74, 6) is 6.74. The number of nitrogens with two attached hydrogens (primary N) is 1. The van der Waals surface area contributed by atoms with E-state index in [0.29, 0.717) is 6.04 Å². The molecule has 1 aromatic carbocycles. The minimum atomic E-state index is 0.401. The van der Waals surface area contributed by atoms with E-state index in [4.69, 9.17) is 5.84 Å². The average Bonchev–Trinajstić information content (AvgIpc) is 2.74. The Balaban J connectivity index is 1.82. The zero-order valence-electron chi connectivity index (χ0n) is 9.56. The van der Waals surface area contributed by atoms with Gasteiger partial charge in [-0.25, -0.2) is 10.8 Å². The zero-order chi connectivity index (χ0) is 11.4. The van der Waals surface area contributed by atoms with E-state index in [-0.39, 0.29) is 0 Å². The number of hydrazine groups is 1. The summed E-state index contributed by atoms with van der Waals surface area (Å²) in [5.41, 5.74) is 1.30. The molecule has 0 saturated heterocycles. The zero-order valence-corrected chi connectivity index (χ0v) is 9.56. The fourth-order valence-corrected chi connectivity index (χ4v) is 1.71. The highest BCUT2D eigenvalue weighted by Crippen LogP contribution is 2.02. The molecule has 86 valence electrons. The largest absolute Gasteiger partial charge is 0.351 e. The van der Waals surface area contributed by atoms with Crippen LogP contribution >= 0.6 is 0 Å². The Labute approximate surface area is 96.1 Å². The molecule has 0 fully saturated rings. The number of rotatable bonds is 3. The summed E-state index contributed by atoms with van der Waals surface area (Å²) in [7, 11) is 0. The molecule has 0 amide bonds. The molecule has 0 aromatic heterocycles. The molecule has 4 heteroatoms. The Hall–Kier alpha value is -1.55. The van der Waals surface area contributed by atoms with Crippen molar-refractivity contribution >= 4 is 5.96 Å². The maximum absolute atomic E-state index is 5.93. The van der Waals surface area contributed by atoms with Gasteiger partial charge in [-0.2, -0.15) is 0 Å². The first kappa shape index (κ1) is 11.0. The smallest absolute Gasteiger partial charge is 0.208 e. The molecule has 3 N–H and O–H groups in total. The second-order valence-electron chi connectivity index (χ2n) is 4.14. The standard InChI is InChI=1S/C12H18N4/c1-10-9-14-12(15-10)16(13)8-7-11-5-3-2-4-6-11/h2-6,10H,7-9,13H2,1H3,(H,14,15)/t10-/m0/s1. The van der Waals surface area contributed by atoms with Crippen molar-refractivity contribution in [2.24, 2.45) is 10.8 Å². The van der Waals surface area contributed by atoms with Gasteiger partial charge in [0.2, 0.25) is 5.96 Å². The van der Waals surface area contributed by atoms with E-state index < -0.39 is 0 Å². The van der Waals surface area contributed by atoms with Crippen molar-refractivity contribution in [2.75, 3.05) is 13.1 Å². The van der Waals surface area contributed by atoms with Crippen molar-refractivity contribution < 1.29 is 0 Å². The van der Waals surface area contributed by atoms with Crippen LogP contribution in [-0.2, 0) is 6.42 Å². The molecule has 0 aliphatic carbocycles. The Morgan fingerprint density at radius 1 is 1.44 bits per heavy atom. The second-order valence-corrected chi connectivity index (χ2v) is 4.14. The molecular formula is C12H18N4. The number of nitrogens with one attached hydrogen (secondary N) is 1. The first-order valence-electron chi connectivity index (χ1n) is 5.63. The van der Waals surface area contributed by atoms with Crippen molar-refractivity contribution in [1.29, 1.82) is 0 Å². The molecule has 0 bridgehead atoms. The van der Waals surface area contributed by atoms with E-state index in [9.17, 15) is 0 Å². The maximum atomic E-state index is 5.93. The van der Waals surface area contributed by atoms with Gasteiger partial charge < -0.3 is 5.32 Å². The van der Waals surface area contributed by atoms with Crippen LogP contribution in [0, 0.1) is 0 Å². The monoisotopic (exact) mass is 218 g/mol. The van der Waals surface area contributed by atoms with E-state index in [2.05, 4.69) is 29.4 Å². The lowest BCUT2D eigenvalue weighted by Crippen LogP contribution is -2.46. The van der Waals surface area contributed by atoms with E-state index >= 15 is 0 Å². The lowest BCUT2D eigenvalue weighted by molar-refractivity contribution is 0.429. The van der Waals surface area contributed by atoms with Crippen LogP contribution in [0.5, 0.6) is 0 Å². The van der Waals surface area contributed by atoms with Crippen LogP contribution < -0.4 is 11.2 Å².